The highest BCUT2D eigenvalue weighted by molar-refractivity contribution is 6.46. The zero-order valence-corrected chi connectivity index (χ0v) is 19.8. The number of Topliss-reactive ketones (excluding diaryl/α,β-unsaturated/α-hetero) is 1. The van der Waals surface area contributed by atoms with Gasteiger partial charge in [-0.2, -0.15) is 0 Å². The van der Waals surface area contributed by atoms with E-state index in [1.807, 2.05) is 25.1 Å². The number of rotatable bonds is 6. The molecule has 0 aliphatic carbocycles. The van der Waals surface area contributed by atoms with Crippen molar-refractivity contribution in [3.8, 4) is 5.75 Å². The van der Waals surface area contributed by atoms with Crippen LogP contribution < -0.4 is 9.97 Å². The van der Waals surface area contributed by atoms with Gasteiger partial charge in [-0.1, -0.05) is 48.5 Å². The lowest BCUT2D eigenvalue weighted by molar-refractivity contribution is -0.153. The smallest absolute Gasteiger partial charge is 0.526 e. The van der Waals surface area contributed by atoms with Crippen molar-refractivity contribution in [2.45, 2.75) is 38.5 Å². The molecule has 2 N–H and O–H groups in total. The third kappa shape index (κ3) is 5.07. The molecule has 2 aromatic carbocycles. The number of carbonyl (C=O) groups is 4. The molecule has 1 saturated heterocycles. The van der Waals surface area contributed by atoms with Crippen LogP contribution in [0.3, 0.4) is 0 Å². The predicted molar refractivity (Wildman–Crippen MR) is 129 cm³/mol. The molecule has 2 aliphatic rings. The normalized spacial score (nSPS) is 18.6. The minimum absolute atomic E-state index is 0.0469. The zero-order chi connectivity index (χ0) is 25.1. The second-order valence-corrected chi connectivity index (χ2v) is 8.84. The summed E-state index contributed by atoms with van der Waals surface area (Å²) in [5.41, 5.74) is 2.36. The van der Waals surface area contributed by atoms with Crippen molar-refractivity contribution in [1.29, 1.82) is 0 Å². The maximum Gasteiger partial charge on any atom is 0.526 e. The van der Waals surface area contributed by atoms with Crippen LogP contribution in [0.25, 0.3) is 0 Å². The summed E-state index contributed by atoms with van der Waals surface area (Å²) >= 11 is 0. The van der Waals surface area contributed by atoms with E-state index in [1.54, 1.807) is 37.3 Å². The van der Waals surface area contributed by atoms with Crippen LogP contribution in [0.2, 0.25) is 5.82 Å². The molecule has 2 aromatic rings. The Kier molecular flexibility index (Phi) is 7.21. The summed E-state index contributed by atoms with van der Waals surface area (Å²) in [5.74, 6) is -1.87. The third-order valence-corrected chi connectivity index (χ3v) is 6.54. The Bertz CT molecular complexity index is 1140. The lowest BCUT2D eigenvalue weighted by Gasteiger charge is -2.33. The van der Waals surface area contributed by atoms with Gasteiger partial charge in [0.05, 0.1) is 0 Å². The standard InChI is InChI=1S/C25H28BN3O6/c1-3-28-12-13-29(24(32)23(28)31)25(33)27-21(17-9-5-4-6-10-17)20(30)15-19-14-18-11-7-8-16(2)22(18)35-26(19)34/h4-11,19,21,34H,3,12-15H2,1-2H3,(H,27,33)/t19-,21-/m1/s1. The summed E-state index contributed by atoms with van der Waals surface area (Å²) in [7, 11) is -1.17. The fraction of sp³-hybridized carbons (Fsp3) is 0.360. The second kappa shape index (κ2) is 10.3. The number of aryl methyl sites for hydroxylation is 1. The lowest BCUT2D eigenvalue weighted by atomic mass is 9.64. The van der Waals surface area contributed by atoms with Crippen molar-refractivity contribution in [2.75, 3.05) is 19.6 Å². The molecule has 2 heterocycles. The number of imide groups is 1. The van der Waals surface area contributed by atoms with Gasteiger partial charge >= 0.3 is 25.0 Å². The van der Waals surface area contributed by atoms with Gasteiger partial charge in [0.1, 0.15) is 11.8 Å². The number of piperazine rings is 1. The van der Waals surface area contributed by atoms with Crippen LogP contribution in [0.5, 0.6) is 5.75 Å². The first-order valence-electron chi connectivity index (χ1n) is 11.7. The van der Waals surface area contributed by atoms with Gasteiger partial charge in [-0.3, -0.25) is 19.3 Å². The molecule has 10 heteroatoms. The van der Waals surface area contributed by atoms with Crippen molar-refractivity contribution in [1.82, 2.24) is 15.1 Å². The van der Waals surface area contributed by atoms with E-state index in [0.717, 1.165) is 16.0 Å². The number of nitrogens with one attached hydrogen (secondary N) is 1. The lowest BCUT2D eigenvalue weighted by Crippen LogP contribution is -2.58. The number of ketones is 1. The van der Waals surface area contributed by atoms with Crippen molar-refractivity contribution >= 4 is 30.7 Å². The maximum absolute atomic E-state index is 13.4. The molecule has 0 aromatic heterocycles. The number of hydrogen-bond donors (Lipinski definition) is 2. The fourth-order valence-corrected chi connectivity index (χ4v) is 4.56. The molecule has 0 saturated carbocycles. The summed E-state index contributed by atoms with van der Waals surface area (Å²) in [4.78, 5) is 53.3. The average molecular weight is 477 g/mol. The van der Waals surface area contributed by atoms with Crippen LogP contribution in [-0.4, -0.2) is 65.2 Å². The molecule has 4 rings (SSSR count). The number of carbonyl (C=O) groups excluding carboxylic acids is 4. The number of nitrogens with zero attached hydrogens (tertiary/aromatic N) is 2. The predicted octanol–water partition coefficient (Wildman–Crippen LogP) is 1.88. The van der Waals surface area contributed by atoms with Gasteiger partial charge in [-0.25, -0.2) is 4.79 Å². The molecule has 0 radical (unpaired) electrons. The van der Waals surface area contributed by atoms with Crippen molar-refractivity contribution in [2.24, 2.45) is 0 Å². The number of likely N-dealkylation sites (N-methyl/N-ethyl adjacent to an activating group) is 1. The Morgan fingerprint density at radius 2 is 1.86 bits per heavy atom. The van der Waals surface area contributed by atoms with Gasteiger partial charge in [0, 0.05) is 31.9 Å². The van der Waals surface area contributed by atoms with Crippen LogP contribution in [0.1, 0.15) is 36.1 Å². The van der Waals surface area contributed by atoms with E-state index in [1.165, 1.54) is 4.90 Å². The van der Waals surface area contributed by atoms with Crippen LogP contribution in [0.4, 0.5) is 4.79 Å². The number of benzene rings is 2. The molecule has 4 amide bonds. The van der Waals surface area contributed by atoms with E-state index in [2.05, 4.69) is 5.32 Å². The minimum Gasteiger partial charge on any atom is -0.536 e. The first-order chi connectivity index (χ1) is 16.8. The molecule has 2 atom stereocenters. The second-order valence-electron chi connectivity index (χ2n) is 8.84. The highest BCUT2D eigenvalue weighted by Crippen LogP contribution is 2.36. The molecule has 0 unspecified atom stereocenters. The average Bonchev–Trinajstić information content (AvgIpc) is 2.85. The third-order valence-electron chi connectivity index (χ3n) is 6.54. The van der Waals surface area contributed by atoms with E-state index >= 15 is 0 Å². The van der Waals surface area contributed by atoms with Crippen LogP contribution >= 0.6 is 0 Å². The molecule has 9 nitrogen and oxygen atoms in total. The number of para-hydroxylation sites is 1. The molecular weight excluding hydrogens is 449 g/mol. The van der Waals surface area contributed by atoms with Crippen LogP contribution in [0.15, 0.2) is 48.5 Å². The van der Waals surface area contributed by atoms with E-state index in [4.69, 9.17) is 4.65 Å². The number of amides is 4. The van der Waals surface area contributed by atoms with E-state index in [-0.39, 0.29) is 25.3 Å². The SMILES string of the molecule is CCN1CCN(C(=O)N[C@@H](C(=O)C[C@H]2Cc3cccc(C)c3OB2O)c2ccccc2)C(=O)C1=O. The number of hydrogen-bond acceptors (Lipinski definition) is 6. The molecule has 35 heavy (non-hydrogen) atoms. The van der Waals surface area contributed by atoms with E-state index in [9.17, 15) is 24.2 Å². The topological polar surface area (TPSA) is 116 Å². The van der Waals surface area contributed by atoms with E-state index < -0.39 is 36.8 Å². The van der Waals surface area contributed by atoms with E-state index in [0.29, 0.717) is 24.3 Å². The molecule has 182 valence electrons. The Labute approximate surface area is 204 Å². The first-order valence-corrected chi connectivity index (χ1v) is 11.7. The van der Waals surface area contributed by atoms with Gasteiger partial charge in [0.15, 0.2) is 5.78 Å². The van der Waals surface area contributed by atoms with Gasteiger partial charge < -0.3 is 19.9 Å². The quantitative estimate of drug-likeness (QED) is 0.485. The van der Waals surface area contributed by atoms with Crippen LogP contribution in [0, 0.1) is 6.92 Å². The summed E-state index contributed by atoms with van der Waals surface area (Å²) in [6, 6.07) is 12.5. The van der Waals surface area contributed by atoms with Crippen molar-refractivity contribution < 1.29 is 28.9 Å². The molecular formula is C25H28BN3O6. The fourth-order valence-electron chi connectivity index (χ4n) is 4.56. The minimum atomic E-state index is -1.17. The van der Waals surface area contributed by atoms with Gasteiger partial charge in [0.25, 0.3) is 0 Å². The largest absolute Gasteiger partial charge is 0.536 e. The highest BCUT2D eigenvalue weighted by atomic mass is 16.5. The summed E-state index contributed by atoms with van der Waals surface area (Å²) in [6.45, 7) is 4.31. The molecule has 2 aliphatic heterocycles. The molecule has 0 spiro atoms. The highest BCUT2D eigenvalue weighted by Gasteiger charge is 2.40. The van der Waals surface area contributed by atoms with Gasteiger partial charge in [0.2, 0.25) is 0 Å². The summed E-state index contributed by atoms with van der Waals surface area (Å²) < 4.78 is 5.71. The van der Waals surface area contributed by atoms with Gasteiger partial charge in [-0.05, 0) is 37.0 Å². The summed E-state index contributed by atoms with van der Waals surface area (Å²) in [5, 5.41) is 13.2. The summed E-state index contributed by atoms with van der Waals surface area (Å²) in [6.07, 6.45) is 0.399. The van der Waals surface area contributed by atoms with Crippen LogP contribution in [-0.2, 0) is 20.8 Å². The first kappa shape index (κ1) is 24.5. The Balaban J connectivity index is 1.51. The number of fused-ring (bicyclic) bond motifs is 1. The van der Waals surface area contributed by atoms with Crippen molar-refractivity contribution in [3.63, 3.8) is 0 Å². The Morgan fingerprint density at radius 3 is 2.57 bits per heavy atom. The maximum atomic E-state index is 13.4. The van der Waals surface area contributed by atoms with Crippen molar-refractivity contribution in [3.05, 3.63) is 65.2 Å². The zero-order valence-electron chi connectivity index (χ0n) is 19.8. The van der Waals surface area contributed by atoms with Gasteiger partial charge in [-0.15, -0.1) is 0 Å². The molecule has 1 fully saturated rings. The Morgan fingerprint density at radius 1 is 1.11 bits per heavy atom. The number of urea groups is 1. The molecule has 0 bridgehead atoms. The monoisotopic (exact) mass is 477 g/mol. The Hall–Kier alpha value is -3.66.